The molecule has 0 aliphatic carbocycles. The number of aryl methyl sites for hydroxylation is 2. The Bertz CT molecular complexity index is 927. The summed E-state index contributed by atoms with van der Waals surface area (Å²) in [7, 11) is 0. The quantitative estimate of drug-likeness (QED) is 0.704. The van der Waals surface area contributed by atoms with Crippen LogP contribution in [-0.4, -0.2) is 35.7 Å². The van der Waals surface area contributed by atoms with E-state index in [1.54, 1.807) is 24.3 Å². The van der Waals surface area contributed by atoms with Crippen LogP contribution in [0, 0.1) is 12.8 Å². The SMILES string of the molecule is Cc1ccc(CCC2CCN(C(=O)c3cccc(N4C(=O)CCC4=O)c3)CC2)cc1. The van der Waals surface area contributed by atoms with Gasteiger partial charge in [0.25, 0.3) is 5.91 Å². The monoisotopic (exact) mass is 404 g/mol. The van der Waals surface area contributed by atoms with Crippen molar-refractivity contribution in [2.75, 3.05) is 18.0 Å². The molecule has 5 nitrogen and oxygen atoms in total. The van der Waals surface area contributed by atoms with Crippen LogP contribution in [0.4, 0.5) is 5.69 Å². The van der Waals surface area contributed by atoms with E-state index in [0.717, 1.165) is 38.8 Å². The van der Waals surface area contributed by atoms with E-state index in [2.05, 4.69) is 31.2 Å². The Balaban J connectivity index is 1.33. The number of carbonyl (C=O) groups is 3. The highest BCUT2D eigenvalue weighted by atomic mass is 16.2. The summed E-state index contributed by atoms with van der Waals surface area (Å²) in [5.41, 5.74) is 3.70. The van der Waals surface area contributed by atoms with Gasteiger partial charge in [-0.25, -0.2) is 0 Å². The Kier molecular flexibility index (Phi) is 5.98. The maximum Gasteiger partial charge on any atom is 0.253 e. The van der Waals surface area contributed by atoms with Gasteiger partial charge in [-0.2, -0.15) is 0 Å². The molecular formula is C25H28N2O3. The van der Waals surface area contributed by atoms with Gasteiger partial charge in [0.2, 0.25) is 11.8 Å². The molecule has 2 aromatic rings. The number of likely N-dealkylation sites (tertiary alicyclic amines) is 1. The minimum Gasteiger partial charge on any atom is -0.339 e. The van der Waals surface area contributed by atoms with Gasteiger partial charge in [0.05, 0.1) is 5.69 Å². The summed E-state index contributed by atoms with van der Waals surface area (Å²) in [4.78, 5) is 40.1. The summed E-state index contributed by atoms with van der Waals surface area (Å²) >= 11 is 0. The van der Waals surface area contributed by atoms with Crippen LogP contribution in [0.2, 0.25) is 0 Å². The van der Waals surface area contributed by atoms with Crippen molar-refractivity contribution in [2.24, 2.45) is 5.92 Å². The topological polar surface area (TPSA) is 57.7 Å². The van der Waals surface area contributed by atoms with Crippen LogP contribution in [0.25, 0.3) is 0 Å². The molecule has 0 N–H and O–H groups in total. The maximum atomic E-state index is 13.0. The van der Waals surface area contributed by atoms with E-state index in [1.807, 2.05) is 4.90 Å². The highest BCUT2D eigenvalue weighted by Crippen LogP contribution is 2.26. The average Bonchev–Trinajstić information content (AvgIpc) is 3.11. The zero-order valence-electron chi connectivity index (χ0n) is 17.5. The minimum absolute atomic E-state index is 0.0204. The molecule has 156 valence electrons. The van der Waals surface area contributed by atoms with Gasteiger partial charge in [0.15, 0.2) is 0 Å². The fourth-order valence-corrected chi connectivity index (χ4v) is 4.38. The van der Waals surface area contributed by atoms with Gasteiger partial charge in [0.1, 0.15) is 0 Å². The molecule has 2 saturated heterocycles. The molecule has 4 rings (SSSR count). The Labute approximate surface area is 177 Å². The summed E-state index contributed by atoms with van der Waals surface area (Å²) in [6.07, 6.45) is 4.75. The van der Waals surface area contributed by atoms with Gasteiger partial charge >= 0.3 is 0 Å². The number of benzene rings is 2. The van der Waals surface area contributed by atoms with Gasteiger partial charge in [0, 0.05) is 31.5 Å². The van der Waals surface area contributed by atoms with Gasteiger partial charge in [-0.3, -0.25) is 19.3 Å². The summed E-state index contributed by atoms with van der Waals surface area (Å²) in [6, 6.07) is 15.6. The van der Waals surface area contributed by atoms with Crippen LogP contribution in [0.3, 0.4) is 0 Å². The van der Waals surface area contributed by atoms with Crippen molar-refractivity contribution in [3.63, 3.8) is 0 Å². The third-order valence-corrected chi connectivity index (χ3v) is 6.27. The number of amides is 3. The van der Waals surface area contributed by atoms with Crippen LogP contribution in [-0.2, 0) is 16.0 Å². The second kappa shape index (κ2) is 8.82. The first-order chi connectivity index (χ1) is 14.5. The van der Waals surface area contributed by atoms with Crippen LogP contribution in [0.5, 0.6) is 0 Å². The van der Waals surface area contributed by atoms with E-state index in [0.29, 0.717) is 17.2 Å². The molecule has 0 spiro atoms. The zero-order chi connectivity index (χ0) is 21.1. The third kappa shape index (κ3) is 4.45. The average molecular weight is 405 g/mol. The molecule has 3 amide bonds. The number of hydrogen-bond acceptors (Lipinski definition) is 3. The first-order valence-corrected chi connectivity index (χ1v) is 10.8. The fourth-order valence-electron chi connectivity index (χ4n) is 4.38. The number of piperidine rings is 1. The van der Waals surface area contributed by atoms with Crippen molar-refractivity contribution in [3.8, 4) is 0 Å². The lowest BCUT2D eigenvalue weighted by Crippen LogP contribution is -2.38. The molecule has 2 aliphatic heterocycles. The first-order valence-electron chi connectivity index (χ1n) is 10.8. The lowest BCUT2D eigenvalue weighted by atomic mass is 9.90. The lowest BCUT2D eigenvalue weighted by Gasteiger charge is -2.32. The molecular weight excluding hydrogens is 376 g/mol. The molecule has 5 heteroatoms. The summed E-state index contributed by atoms with van der Waals surface area (Å²) in [5, 5.41) is 0. The molecule has 0 aromatic heterocycles. The summed E-state index contributed by atoms with van der Waals surface area (Å²) in [6.45, 7) is 3.61. The highest BCUT2D eigenvalue weighted by molar-refractivity contribution is 6.20. The molecule has 0 saturated carbocycles. The normalized spacial score (nSPS) is 17.6. The highest BCUT2D eigenvalue weighted by Gasteiger charge is 2.31. The van der Waals surface area contributed by atoms with Gasteiger partial charge in [-0.1, -0.05) is 35.9 Å². The van der Waals surface area contributed by atoms with Crippen LogP contribution in [0.15, 0.2) is 48.5 Å². The number of imide groups is 1. The van der Waals surface area contributed by atoms with E-state index >= 15 is 0 Å². The van der Waals surface area contributed by atoms with Crippen LogP contribution in [0.1, 0.15) is 53.6 Å². The molecule has 30 heavy (non-hydrogen) atoms. The van der Waals surface area contributed by atoms with E-state index in [4.69, 9.17) is 0 Å². The van der Waals surface area contributed by atoms with E-state index < -0.39 is 0 Å². The fraction of sp³-hybridized carbons (Fsp3) is 0.400. The predicted octanol–water partition coefficient (Wildman–Crippen LogP) is 4.13. The molecule has 0 atom stereocenters. The standard InChI is InChI=1S/C25H28N2O3/c1-18-5-7-19(8-6-18)9-10-20-13-15-26(16-14-20)25(30)21-3-2-4-22(17-21)27-23(28)11-12-24(27)29/h2-8,17,20H,9-16H2,1H3. The maximum absolute atomic E-state index is 13.0. The predicted molar refractivity (Wildman–Crippen MR) is 116 cm³/mol. The van der Waals surface area contributed by atoms with Gasteiger partial charge in [-0.05, 0) is 62.3 Å². The molecule has 2 aliphatic rings. The smallest absolute Gasteiger partial charge is 0.253 e. The molecule has 0 radical (unpaired) electrons. The first kappa shape index (κ1) is 20.3. The second-order valence-corrected chi connectivity index (χ2v) is 8.43. The molecule has 2 aromatic carbocycles. The number of hydrogen-bond donors (Lipinski definition) is 0. The van der Waals surface area contributed by atoms with Crippen LogP contribution < -0.4 is 4.90 Å². The number of nitrogens with zero attached hydrogens (tertiary/aromatic N) is 2. The van der Waals surface area contributed by atoms with E-state index in [9.17, 15) is 14.4 Å². The van der Waals surface area contributed by atoms with Crippen molar-refractivity contribution < 1.29 is 14.4 Å². The van der Waals surface area contributed by atoms with E-state index in [-0.39, 0.29) is 30.6 Å². The van der Waals surface area contributed by atoms with Crippen LogP contribution >= 0.6 is 0 Å². The Morgan fingerprint density at radius 3 is 2.30 bits per heavy atom. The Morgan fingerprint density at radius 1 is 0.967 bits per heavy atom. The zero-order valence-corrected chi connectivity index (χ0v) is 17.5. The molecule has 2 fully saturated rings. The van der Waals surface area contributed by atoms with Gasteiger partial charge < -0.3 is 4.90 Å². The van der Waals surface area contributed by atoms with Crippen molar-refractivity contribution in [1.29, 1.82) is 0 Å². The third-order valence-electron chi connectivity index (χ3n) is 6.27. The Morgan fingerprint density at radius 2 is 1.63 bits per heavy atom. The molecule has 2 heterocycles. The number of rotatable bonds is 5. The number of anilines is 1. The van der Waals surface area contributed by atoms with Crippen molar-refractivity contribution in [2.45, 2.75) is 45.4 Å². The number of carbonyl (C=O) groups excluding carboxylic acids is 3. The van der Waals surface area contributed by atoms with E-state index in [1.165, 1.54) is 16.0 Å². The molecule has 0 unspecified atom stereocenters. The second-order valence-electron chi connectivity index (χ2n) is 8.43. The van der Waals surface area contributed by atoms with Crippen molar-refractivity contribution in [1.82, 2.24) is 4.90 Å². The Hall–Kier alpha value is -2.95. The summed E-state index contributed by atoms with van der Waals surface area (Å²) in [5.74, 6) is 0.229. The van der Waals surface area contributed by atoms with Crippen molar-refractivity contribution >= 4 is 23.4 Å². The minimum atomic E-state index is -0.195. The molecule has 0 bridgehead atoms. The van der Waals surface area contributed by atoms with Gasteiger partial charge in [-0.15, -0.1) is 0 Å². The largest absolute Gasteiger partial charge is 0.339 e. The van der Waals surface area contributed by atoms with Crippen molar-refractivity contribution in [3.05, 3.63) is 65.2 Å². The lowest BCUT2D eigenvalue weighted by molar-refractivity contribution is -0.121. The summed E-state index contributed by atoms with van der Waals surface area (Å²) < 4.78 is 0.